The van der Waals surface area contributed by atoms with E-state index in [0.29, 0.717) is 12.3 Å². The van der Waals surface area contributed by atoms with Crippen molar-refractivity contribution in [3.63, 3.8) is 0 Å². The minimum atomic E-state index is -0.487. The van der Waals surface area contributed by atoms with Gasteiger partial charge in [0.1, 0.15) is 6.04 Å². The SMILES string of the molecule is CC(=O)N[C@@H](CC(C)C)C(=O)Nc1ccc(C)cc1. The second-order valence-electron chi connectivity index (χ2n) is 5.24. The topological polar surface area (TPSA) is 58.2 Å². The molecular weight excluding hydrogens is 240 g/mol. The molecule has 0 aromatic heterocycles. The molecule has 0 saturated heterocycles. The predicted octanol–water partition coefficient (Wildman–Crippen LogP) is 2.48. The molecule has 0 heterocycles. The van der Waals surface area contributed by atoms with Crippen LogP contribution in [0.5, 0.6) is 0 Å². The fourth-order valence-electron chi connectivity index (χ4n) is 1.81. The Morgan fingerprint density at radius 3 is 2.21 bits per heavy atom. The smallest absolute Gasteiger partial charge is 0.246 e. The third kappa shape index (κ3) is 5.55. The van der Waals surface area contributed by atoms with Gasteiger partial charge in [-0.15, -0.1) is 0 Å². The first-order valence-electron chi connectivity index (χ1n) is 6.53. The number of hydrogen-bond acceptors (Lipinski definition) is 2. The maximum atomic E-state index is 12.1. The normalized spacial score (nSPS) is 12.1. The Morgan fingerprint density at radius 2 is 1.74 bits per heavy atom. The van der Waals surface area contributed by atoms with E-state index in [4.69, 9.17) is 0 Å². The lowest BCUT2D eigenvalue weighted by Crippen LogP contribution is -2.43. The molecule has 1 rings (SSSR count). The Morgan fingerprint density at radius 1 is 1.16 bits per heavy atom. The number of hydrogen-bond donors (Lipinski definition) is 2. The zero-order valence-corrected chi connectivity index (χ0v) is 12.0. The number of amides is 2. The van der Waals surface area contributed by atoms with Crippen molar-refractivity contribution >= 4 is 17.5 Å². The van der Waals surface area contributed by atoms with Crippen molar-refractivity contribution in [3.05, 3.63) is 29.8 Å². The number of carbonyl (C=O) groups excluding carboxylic acids is 2. The summed E-state index contributed by atoms with van der Waals surface area (Å²) in [6.07, 6.45) is 0.622. The van der Waals surface area contributed by atoms with Crippen LogP contribution in [0.1, 0.15) is 32.8 Å². The second kappa shape index (κ2) is 6.92. The minimum Gasteiger partial charge on any atom is -0.345 e. The molecule has 0 aliphatic rings. The van der Waals surface area contributed by atoms with Crippen molar-refractivity contribution in [3.8, 4) is 0 Å². The molecule has 0 fully saturated rings. The van der Waals surface area contributed by atoms with Crippen molar-refractivity contribution in [2.24, 2.45) is 5.92 Å². The summed E-state index contributed by atoms with van der Waals surface area (Å²) < 4.78 is 0. The van der Waals surface area contributed by atoms with Crippen molar-refractivity contribution in [1.29, 1.82) is 0 Å². The van der Waals surface area contributed by atoms with Crippen molar-refractivity contribution in [1.82, 2.24) is 5.32 Å². The van der Waals surface area contributed by atoms with Crippen LogP contribution in [0.15, 0.2) is 24.3 Å². The molecule has 0 unspecified atom stereocenters. The number of nitrogens with one attached hydrogen (secondary N) is 2. The van der Waals surface area contributed by atoms with Gasteiger partial charge in [0.2, 0.25) is 11.8 Å². The van der Waals surface area contributed by atoms with Crippen LogP contribution in [0.25, 0.3) is 0 Å². The quantitative estimate of drug-likeness (QED) is 0.856. The zero-order valence-electron chi connectivity index (χ0n) is 12.0. The molecule has 0 radical (unpaired) electrons. The van der Waals surface area contributed by atoms with E-state index in [1.807, 2.05) is 45.0 Å². The second-order valence-corrected chi connectivity index (χ2v) is 5.24. The Balaban J connectivity index is 2.70. The molecule has 104 valence electrons. The summed E-state index contributed by atoms with van der Waals surface area (Å²) in [4.78, 5) is 23.3. The number of anilines is 1. The van der Waals surface area contributed by atoms with Crippen LogP contribution in [-0.4, -0.2) is 17.9 Å². The van der Waals surface area contributed by atoms with Gasteiger partial charge in [0.25, 0.3) is 0 Å². The van der Waals surface area contributed by atoms with Gasteiger partial charge in [0, 0.05) is 12.6 Å². The summed E-state index contributed by atoms with van der Waals surface area (Å²) in [6.45, 7) is 7.46. The third-order valence-electron chi connectivity index (χ3n) is 2.72. The highest BCUT2D eigenvalue weighted by molar-refractivity contribution is 5.96. The van der Waals surface area contributed by atoms with E-state index in [-0.39, 0.29) is 11.8 Å². The Bertz CT molecular complexity index is 438. The highest BCUT2D eigenvalue weighted by Gasteiger charge is 2.20. The van der Waals surface area contributed by atoms with Crippen LogP contribution in [-0.2, 0) is 9.59 Å². The van der Waals surface area contributed by atoms with Crippen molar-refractivity contribution in [2.75, 3.05) is 5.32 Å². The van der Waals surface area contributed by atoms with E-state index in [9.17, 15) is 9.59 Å². The highest BCUT2D eigenvalue weighted by Crippen LogP contribution is 2.11. The van der Waals surface area contributed by atoms with Gasteiger partial charge < -0.3 is 10.6 Å². The molecule has 0 aliphatic carbocycles. The molecule has 0 bridgehead atoms. The van der Waals surface area contributed by atoms with Crippen LogP contribution >= 0.6 is 0 Å². The lowest BCUT2D eigenvalue weighted by Gasteiger charge is -2.19. The Hall–Kier alpha value is -1.84. The van der Waals surface area contributed by atoms with Gasteiger partial charge in [0.15, 0.2) is 0 Å². The van der Waals surface area contributed by atoms with Crippen LogP contribution in [0.4, 0.5) is 5.69 Å². The minimum absolute atomic E-state index is 0.173. The van der Waals surface area contributed by atoms with Gasteiger partial charge in [-0.1, -0.05) is 31.5 Å². The Labute approximate surface area is 114 Å². The van der Waals surface area contributed by atoms with Gasteiger partial charge in [-0.25, -0.2) is 0 Å². The van der Waals surface area contributed by atoms with E-state index < -0.39 is 6.04 Å². The summed E-state index contributed by atoms with van der Waals surface area (Å²) in [5, 5.41) is 5.52. The number of rotatable bonds is 5. The monoisotopic (exact) mass is 262 g/mol. The predicted molar refractivity (Wildman–Crippen MR) is 76.9 cm³/mol. The molecule has 19 heavy (non-hydrogen) atoms. The van der Waals surface area contributed by atoms with Crippen LogP contribution in [0.3, 0.4) is 0 Å². The maximum Gasteiger partial charge on any atom is 0.246 e. The number of aryl methyl sites for hydroxylation is 1. The maximum absolute atomic E-state index is 12.1. The van der Waals surface area contributed by atoms with Crippen LogP contribution in [0.2, 0.25) is 0 Å². The molecule has 4 heteroatoms. The summed E-state index contributed by atoms with van der Waals surface area (Å²) in [5.41, 5.74) is 1.88. The van der Waals surface area contributed by atoms with Crippen molar-refractivity contribution in [2.45, 2.75) is 40.2 Å². The lowest BCUT2D eigenvalue weighted by molar-refractivity contribution is -0.125. The molecule has 1 aromatic carbocycles. The molecule has 4 nitrogen and oxygen atoms in total. The van der Waals surface area contributed by atoms with E-state index in [0.717, 1.165) is 11.3 Å². The van der Waals surface area contributed by atoms with Gasteiger partial charge >= 0.3 is 0 Å². The van der Waals surface area contributed by atoms with Crippen molar-refractivity contribution < 1.29 is 9.59 Å². The highest BCUT2D eigenvalue weighted by atomic mass is 16.2. The molecule has 2 amide bonds. The Kier molecular flexibility index (Phi) is 5.55. The fraction of sp³-hybridized carbons (Fsp3) is 0.467. The third-order valence-corrected chi connectivity index (χ3v) is 2.72. The average molecular weight is 262 g/mol. The molecule has 1 aromatic rings. The first kappa shape index (κ1) is 15.2. The van der Waals surface area contributed by atoms with E-state index >= 15 is 0 Å². The standard InChI is InChI=1S/C15H22N2O2/c1-10(2)9-14(16-12(4)18)15(19)17-13-7-5-11(3)6-8-13/h5-8,10,14H,9H2,1-4H3,(H,16,18)(H,17,19)/t14-/m0/s1. The van der Waals surface area contributed by atoms with Gasteiger partial charge in [-0.3, -0.25) is 9.59 Å². The number of carbonyl (C=O) groups is 2. The van der Waals surface area contributed by atoms with E-state index in [1.54, 1.807) is 0 Å². The summed E-state index contributed by atoms with van der Waals surface area (Å²) in [5.74, 6) is -0.0296. The molecule has 0 aliphatic heterocycles. The van der Waals surface area contributed by atoms with Crippen LogP contribution in [0, 0.1) is 12.8 Å². The fourth-order valence-corrected chi connectivity index (χ4v) is 1.81. The first-order valence-corrected chi connectivity index (χ1v) is 6.53. The van der Waals surface area contributed by atoms with Gasteiger partial charge in [-0.05, 0) is 31.4 Å². The average Bonchev–Trinajstić information content (AvgIpc) is 2.30. The van der Waals surface area contributed by atoms with E-state index in [1.165, 1.54) is 6.92 Å². The molecule has 2 N–H and O–H groups in total. The summed E-state index contributed by atoms with van der Waals surface area (Å²) >= 11 is 0. The lowest BCUT2D eigenvalue weighted by atomic mass is 10.0. The zero-order chi connectivity index (χ0) is 14.4. The van der Waals surface area contributed by atoms with Gasteiger partial charge in [-0.2, -0.15) is 0 Å². The molecule has 0 saturated carbocycles. The first-order chi connectivity index (χ1) is 8.88. The molecule has 0 spiro atoms. The summed E-state index contributed by atoms with van der Waals surface area (Å²) in [7, 11) is 0. The molecule has 1 atom stereocenters. The van der Waals surface area contributed by atoms with E-state index in [2.05, 4.69) is 10.6 Å². The summed E-state index contributed by atoms with van der Waals surface area (Å²) in [6, 6.07) is 7.09. The van der Waals surface area contributed by atoms with Crippen LogP contribution < -0.4 is 10.6 Å². The largest absolute Gasteiger partial charge is 0.345 e. The number of benzene rings is 1. The van der Waals surface area contributed by atoms with Gasteiger partial charge in [0.05, 0.1) is 0 Å². The molecular formula is C15H22N2O2.